The molecular formula is C22H28N4O6S. The number of hydrogen-bond acceptors (Lipinski definition) is 8. The van der Waals surface area contributed by atoms with Crippen LogP contribution in [0.3, 0.4) is 0 Å². The molecule has 3 rings (SSSR count). The van der Waals surface area contributed by atoms with Crippen LogP contribution in [0.25, 0.3) is 0 Å². The molecule has 0 bridgehead atoms. The summed E-state index contributed by atoms with van der Waals surface area (Å²) < 4.78 is 39.1. The second-order valence-electron chi connectivity index (χ2n) is 7.89. The van der Waals surface area contributed by atoms with Gasteiger partial charge in [-0.3, -0.25) is 15.5 Å². The minimum absolute atomic E-state index is 0.155. The third kappa shape index (κ3) is 5.25. The summed E-state index contributed by atoms with van der Waals surface area (Å²) in [5.74, 6) is 1.09. The number of non-ortho nitro benzene ring substituents is 1. The predicted molar refractivity (Wildman–Crippen MR) is 126 cm³/mol. The number of nitro groups is 1. The summed E-state index contributed by atoms with van der Waals surface area (Å²) in [4.78, 5) is 10.5. The van der Waals surface area contributed by atoms with Crippen molar-refractivity contribution in [1.82, 2.24) is 4.31 Å². The zero-order valence-electron chi connectivity index (χ0n) is 19.0. The van der Waals surface area contributed by atoms with Crippen LogP contribution >= 0.6 is 0 Å². The fourth-order valence-electron chi connectivity index (χ4n) is 4.02. The number of ether oxygens (including phenoxy) is 2. The number of methoxy groups -OCH3 is 2. The van der Waals surface area contributed by atoms with Crippen LogP contribution in [0, 0.1) is 10.1 Å². The van der Waals surface area contributed by atoms with Crippen LogP contribution in [0.15, 0.2) is 46.4 Å². The van der Waals surface area contributed by atoms with E-state index in [9.17, 15) is 18.5 Å². The van der Waals surface area contributed by atoms with Gasteiger partial charge in [-0.1, -0.05) is 6.42 Å². The molecular weight excluding hydrogens is 448 g/mol. The quantitative estimate of drug-likeness (QED) is 0.347. The first-order valence-corrected chi connectivity index (χ1v) is 12.0. The van der Waals surface area contributed by atoms with Gasteiger partial charge in [-0.05, 0) is 56.5 Å². The first-order chi connectivity index (χ1) is 15.7. The van der Waals surface area contributed by atoms with Crippen molar-refractivity contribution in [2.45, 2.75) is 50.1 Å². The largest absolute Gasteiger partial charge is 0.493 e. The monoisotopic (exact) mass is 476 g/mol. The van der Waals surface area contributed by atoms with Crippen LogP contribution in [-0.4, -0.2) is 50.2 Å². The first-order valence-electron chi connectivity index (χ1n) is 10.5. The van der Waals surface area contributed by atoms with E-state index in [1.165, 1.54) is 36.9 Å². The lowest BCUT2D eigenvalue weighted by atomic mass is 10.0. The Bertz CT molecular complexity index is 1140. The van der Waals surface area contributed by atoms with Gasteiger partial charge in [-0.15, -0.1) is 0 Å². The predicted octanol–water partition coefficient (Wildman–Crippen LogP) is 4.01. The van der Waals surface area contributed by atoms with Gasteiger partial charge >= 0.3 is 0 Å². The number of nitrogens with one attached hydrogen (secondary N) is 1. The maximum atomic E-state index is 13.6. The van der Waals surface area contributed by atoms with Crippen molar-refractivity contribution >= 4 is 27.6 Å². The second-order valence-corrected chi connectivity index (χ2v) is 9.70. The molecule has 2 aromatic rings. The van der Waals surface area contributed by atoms with Gasteiger partial charge in [0.05, 0.1) is 31.0 Å². The highest BCUT2D eigenvalue weighted by Gasteiger charge is 2.37. The Kier molecular flexibility index (Phi) is 7.54. The fraction of sp³-hybridized carbons (Fsp3) is 0.409. The van der Waals surface area contributed by atoms with Gasteiger partial charge in [0, 0.05) is 24.2 Å². The van der Waals surface area contributed by atoms with Gasteiger partial charge < -0.3 is 9.47 Å². The molecule has 178 valence electrons. The highest BCUT2D eigenvalue weighted by atomic mass is 32.2. The van der Waals surface area contributed by atoms with Crippen molar-refractivity contribution in [3.05, 3.63) is 52.1 Å². The van der Waals surface area contributed by atoms with Gasteiger partial charge in [-0.2, -0.15) is 9.41 Å². The highest BCUT2D eigenvalue weighted by molar-refractivity contribution is 7.89. The van der Waals surface area contributed by atoms with E-state index < -0.39 is 14.9 Å². The topological polar surface area (TPSA) is 123 Å². The highest BCUT2D eigenvalue weighted by Crippen LogP contribution is 2.34. The van der Waals surface area contributed by atoms with E-state index in [1.807, 2.05) is 13.8 Å². The molecule has 1 heterocycles. The Hall–Kier alpha value is -3.18. The van der Waals surface area contributed by atoms with Crippen molar-refractivity contribution < 1.29 is 22.8 Å². The Morgan fingerprint density at radius 2 is 1.76 bits per heavy atom. The van der Waals surface area contributed by atoms with Crippen molar-refractivity contribution in [3.63, 3.8) is 0 Å². The molecule has 0 amide bonds. The summed E-state index contributed by atoms with van der Waals surface area (Å²) in [6.45, 7) is 3.71. The summed E-state index contributed by atoms with van der Waals surface area (Å²) in [6.07, 6.45) is 3.90. The van der Waals surface area contributed by atoms with Gasteiger partial charge in [0.25, 0.3) is 5.69 Å². The molecule has 11 heteroatoms. The van der Waals surface area contributed by atoms with E-state index >= 15 is 0 Å². The van der Waals surface area contributed by atoms with Crippen molar-refractivity contribution in [2.24, 2.45) is 5.10 Å². The number of hydrazone groups is 1. The lowest BCUT2D eigenvalue weighted by molar-refractivity contribution is -0.385. The molecule has 10 nitrogen and oxygen atoms in total. The zero-order valence-corrected chi connectivity index (χ0v) is 19.8. The van der Waals surface area contributed by atoms with E-state index in [4.69, 9.17) is 9.47 Å². The number of hydrogen-bond donors (Lipinski definition) is 1. The molecule has 0 aliphatic carbocycles. The number of anilines is 1. The smallest absolute Gasteiger partial charge is 0.270 e. The fourth-order valence-corrected chi connectivity index (χ4v) is 6.07. The third-order valence-corrected chi connectivity index (χ3v) is 7.82. The van der Waals surface area contributed by atoms with E-state index in [-0.39, 0.29) is 28.4 Å². The number of piperidine rings is 1. The van der Waals surface area contributed by atoms with Crippen molar-refractivity contribution in [2.75, 3.05) is 19.6 Å². The normalized spacial score (nSPS) is 19.4. The summed E-state index contributed by atoms with van der Waals surface area (Å²) >= 11 is 0. The molecule has 2 aromatic carbocycles. The van der Waals surface area contributed by atoms with Crippen LogP contribution in [0.1, 0.15) is 38.7 Å². The number of nitrogens with zero attached hydrogens (tertiary/aromatic N) is 3. The molecule has 33 heavy (non-hydrogen) atoms. The van der Waals surface area contributed by atoms with Crippen LogP contribution in [0.5, 0.6) is 11.5 Å². The number of rotatable bonds is 8. The maximum absolute atomic E-state index is 13.6. The summed E-state index contributed by atoms with van der Waals surface area (Å²) in [6, 6.07) is 8.47. The second kappa shape index (κ2) is 10.2. The standard InChI is InChI=1S/C22H28N4O6S/c1-15-6-5-7-16(2)25(15)33(29,30)22-13-18(26(27)28)9-10-19(22)24-23-14-17-8-11-20(31-3)21(12-17)32-4/h8-16,24H,5-7H2,1-4H3/b23-14-/t15-,16-/m1/s1. The van der Waals surface area contributed by atoms with Crippen molar-refractivity contribution in [3.8, 4) is 11.5 Å². The van der Waals surface area contributed by atoms with Gasteiger partial charge in [-0.25, -0.2) is 8.42 Å². The zero-order chi connectivity index (χ0) is 24.2. The first kappa shape index (κ1) is 24.5. The van der Waals surface area contributed by atoms with Gasteiger partial charge in [0.15, 0.2) is 11.5 Å². The van der Waals surface area contributed by atoms with Crippen LogP contribution < -0.4 is 14.9 Å². The molecule has 1 aliphatic heterocycles. The average Bonchev–Trinajstić information content (AvgIpc) is 2.78. The number of benzene rings is 2. The Labute approximate surface area is 193 Å². The summed E-state index contributed by atoms with van der Waals surface area (Å²) in [5, 5.41) is 15.5. The molecule has 1 fully saturated rings. The molecule has 0 aromatic heterocycles. The molecule has 0 unspecified atom stereocenters. The van der Waals surface area contributed by atoms with Gasteiger partial charge in [0.1, 0.15) is 4.90 Å². The van der Waals surface area contributed by atoms with Gasteiger partial charge in [0.2, 0.25) is 10.0 Å². The minimum atomic E-state index is -4.01. The Balaban J connectivity index is 1.96. The average molecular weight is 477 g/mol. The van der Waals surface area contributed by atoms with E-state index in [0.717, 1.165) is 25.3 Å². The molecule has 2 atom stereocenters. The van der Waals surface area contributed by atoms with E-state index in [0.29, 0.717) is 17.1 Å². The summed E-state index contributed by atoms with van der Waals surface area (Å²) in [7, 11) is -0.949. The lowest BCUT2D eigenvalue weighted by Crippen LogP contribution is -2.47. The third-order valence-electron chi connectivity index (χ3n) is 5.65. The number of nitro benzene ring substituents is 1. The Morgan fingerprint density at radius 1 is 1.09 bits per heavy atom. The van der Waals surface area contributed by atoms with E-state index in [1.54, 1.807) is 18.2 Å². The van der Waals surface area contributed by atoms with Crippen molar-refractivity contribution in [1.29, 1.82) is 0 Å². The van der Waals surface area contributed by atoms with E-state index in [2.05, 4.69) is 10.5 Å². The number of sulfonamides is 1. The molecule has 0 saturated carbocycles. The molecule has 0 spiro atoms. The lowest BCUT2D eigenvalue weighted by Gasteiger charge is -2.37. The SMILES string of the molecule is COc1ccc(/C=N\Nc2ccc([N+](=O)[O-])cc2S(=O)(=O)N2[C@H](C)CCC[C@H]2C)cc1OC. The Morgan fingerprint density at radius 3 is 2.36 bits per heavy atom. The van der Waals surface area contributed by atoms with Crippen LogP contribution in [-0.2, 0) is 10.0 Å². The van der Waals surface area contributed by atoms with Crippen LogP contribution in [0.4, 0.5) is 11.4 Å². The van der Waals surface area contributed by atoms with Crippen LogP contribution in [0.2, 0.25) is 0 Å². The molecule has 0 radical (unpaired) electrons. The molecule has 1 N–H and O–H groups in total. The molecule has 1 aliphatic rings. The summed E-state index contributed by atoms with van der Waals surface area (Å²) in [5.41, 5.74) is 3.27. The molecule has 1 saturated heterocycles. The maximum Gasteiger partial charge on any atom is 0.270 e. The minimum Gasteiger partial charge on any atom is -0.493 e.